The Morgan fingerprint density at radius 2 is 1.38 bits per heavy atom. The van der Waals surface area contributed by atoms with Crippen LogP contribution in [0.2, 0.25) is 18.6 Å². The molecule has 3 saturated carbocycles. The van der Waals surface area contributed by atoms with Crippen LogP contribution in [-0.2, 0) is 0 Å². The highest BCUT2D eigenvalue weighted by atomic mass is 35.6. The maximum absolute atomic E-state index is 7.00. The van der Waals surface area contributed by atoms with Crippen molar-refractivity contribution in [2.75, 3.05) is 0 Å². The van der Waals surface area contributed by atoms with E-state index in [2.05, 4.69) is 26.1 Å². The van der Waals surface area contributed by atoms with Gasteiger partial charge in [-0.1, -0.05) is 63.3 Å². The normalized spacial score (nSPS) is 46.2. The Labute approximate surface area is 155 Å². The number of halogens is 1. The van der Waals surface area contributed by atoms with Crippen LogP contribution in [0, 0.1) is 35.5 Å². The molecule has 136 valence electrons. The third kappa shape index (κ3) is 3.06. The van der Waals surface area contributed by atoms with Gasteiger partial charge in [-0.3, -0.25) is 0 Å². The third-order valence-electron chi connectivity index (χ3n) is 8.36. The van der Waals surface area contributed by atoms with Crippen molar-refractivity contribution in [2.24, 2.45) is 35.5 Å². The molecule has 4 rings (SSSR count). The lowest BCUT2D eigenvalue weighted by atomic mass is 9.57. The number of allylic oxidation sites excluding steroid dienone is 2. The van der Waals surface area contributed by atoms with Crippen LogP contribution >= 0.6 is 11.1 Å². The number of fused-ring (bicyclic) bond motifs is 2. The molecule has 7 atom stereocenters. The molecule has 0 saturated heterocycles. The second-order valence-corrected chi connectivity index (χ2v) is 16.8. The van der Waals surface area contributed by atoms with Gasteiger partial charge in [0, 0.05) is 0 Å². The molecule has 0 aliphatic heterocycles. The average molecular weight is 365 g/mol. The van der Waals surface area contributed by atoms with E-state index in [1.807, 2.05) is 0 Å². The second-order valence-electron chi connectivity index (χ2n) is 10.1. The summed E-state index contributed by atoms with van der Waals surface area (Å²) >= 11 is 7.00. The predicted molar refractivity (Wildman–Crippen MR) is 108 cm³/mol. The molecule has 0 heterocycles. The summed E-state index contributed by atoms with van der Waals surface area (Å²) < 4.78 is 0. The van der Waals surface area contributed by atoms with E-state index in [1.54, 1.807) is 24.8 Å². The summed E-state index contributed by atoms with van der Waals surface area (Å²) in [7, 11) is -1.61. The van der Waals surface area contributed by atoms with Crippen molar-refractivity contribution in [3.05, 3.63) is 11.6 Å². The van der Waals surface area contributed by atoms with Gasteiger partial charge in [0.1, 0.15) is 0 Å². The molecular weight excluding hydrogens is 328 g/mol. The van der Waals surface area contributed by atoms with E-state index in [0.717, 1.165) is 41.0 Å². The van der Waals surface area contributed by atoms with Crippen LogP contribution in [-0.4, -0.2) is 7.38 Å². The highest BCUT2D eigenvalue weighted by Gasteiger charge is 2.51. The standard InChI is InChI=1S/C22H37ClSi/c1-15-14-21-19(12-7-13-20(21)22(15)24(2,3)23)18-11-6-9-16-8-4-5-10-17(16)18/h14,16-22H,4-13H2,1-3H3. The Balaban J connectivity index is 1.58. The Morgan fingerprint density at radius 1 is 0.792 bits per heavy atom. The van der Waals surface area contributed by atoms with Crippen molar-refractivity contribution in [1.29, 1.82) is 0 Å². The first kappa shape index (κ1) is 17.7. The Morgan fingerprint density at radius 3 is 2.17 bits per heavy atom. The van der Waals surface area contributed by atoms with E-state index in [0.29, 0.717) is 0 Å². The van der Waals surface area contributed by atoms with E-state index in [4.69, 9.17) is 11.1 Å². The monoisotopic (exact) mass is 364 g/mol. The molecule has 0 nitrogen and oxygen atoms in total. The van der Waals surface area contributed by atoms with Crippen LogP contribution in [0.3, 0.4) is 0 Å². The maximum atomic E-state index is 7.00. The summed E-state index contributed by atoms with van der Waals surface area (Å²) in [5.74, 6) is 5.96. The van der Waals surface area contributed by atoms with Crippen molar-refractivity contribution in [1.82, 2.24) is 0 Å². The van der Waals surface area contributed by atoms with Gasteiger partial charge in [-0.15, -0.1) is 0 Å². The van der Waals surface area contributed by atoms with Crippen molar-refractivity contribution >= 4 is 18.5 Å². The zero-order valence-corrected chi connectivity index (χ0v) is 17.8. The maximum Gasteiger partial charge on any atom is 0.157 e. The molecule has 0 amide bonds. The summed E-state index contributed by atoms with van der Waals surface area (Å²) in [5, 5.41) is 0. The van der Waals surface area contributed by atoms with Crippen LogP contribution < -0.4 is 0 Å². The van der Waals surface area contributed by atoms with Crippen LogP contribution in [0.4, 0.5) is 0 Å². The molecule has 4 aliphatic carbocycles. The molecule has 2 heteroatoms. The minimum atomic E-state index is -1.61. The fourth-order valence-electron chi connectivity index (χ4n) is 7.74. The molecule has 0 N–H and O–H groups in total. The lowest BCUT2D eigenvalue weighted by molar-refractivity contribution is 0.0223. The van der Waals surface area contributed by atoms with Gasteiger partial charge in [-0.05, 0) is 73.7 Å². The van der Waals surface area contributed by atoms with Crippen LogP contribution in [0.5, 0.6) is 0 Å². The van der Waals surface area contributed by atoms with Gasteiger partial charge in [0.2, 0.25) is 0 Å². The van der Waals surface area contributed by atoms with E-state index in [1.165, 1.54) is 44.9 Å². The van der Waals surface area contributed by atoms with Crippen LogP contribution in [0.25, 0.3) is 0 Å². The van der Waals surface area contributed by atoms with Gasteiger partial charge < -0.3 is 0 Å². The molecule has 7 unspecified atom stereocenters. The first-order chi connectivity index (χ1) is 11.5. The van der Waals surface area contributed by atoms with Gasteiger partial charge in [0.15, 0.2) is 7.38 Å². The lowest BCUT2D eigenvalue weighted by Gasteiger charge is -2.49. The highest BCUT2D eigenvalue weighted by molar-refractivity contribution is 7.20. The molecule has 0 aromatic carbocycles. The van der Waals surface area contributed by atoms with Gasteiger partial charge >= 0.3 is 0 Å². The Hall–Kier alpha value is 0.247. The largest absolute Gasteiger partial charge is 0.167 e. The summed E-state index contributed by atoms with van der Waals surface area (Å²) in [6.45, 7) is 7.18. The first-order valence-electron chi connectivity index (χ1n) is 10.8. The zero-order valence-electron chi connectivity index (χ0n) is 16.1. The Bertz CT molecular complexity index is 489. The Kier molecular flexibility index (Phi) is 4.97. The molecule has 0 spiro atoms. The SMILES string of the molecule is CC1=CC2C(C3CCCC4CCCCC43)CCCC2C1[Si](C)(C)Cl. The molecular formula is C22H37ClSi. The molecule has 0 radical (unpaired) electrons. The molecule has 0 aromatic heterocycles. The van der Waals surface area contributed by atoms with Crippen molar-refractivity contribution in [2.45, 2.75) is 89.8 Å². The lowest BCUT2D eigenvalue weighted by Crippen LogP contribution is -2.42. The van der Waals surface area contributed by atoms with Crippen molar-refractivity contribution < 1.29 is 0 Å². The molecule has 3 fully saturated rings. The summed E-state index contributed by atoms with van der Waals surface area (Å²) in [6, 6.07) is 0. The highest BCUT2D eigenvalue weighted by Crippen LogP contribution is 2.59. The minimum absolute atomic E-state index is 0.748. The fourth-order valence-corrected chi connectivity index (χ4v) is 11.3. The molecule has 0 bridgehead atoms. The summed E-state index contributed by atoms with van der Waals surface area (Å²) in [5.41, 5.74) is 2.41. The van der Waals surface area contributed by atoms with E-state index < -0.39 is 7.38 Å². The van der Waals surface area contributed by atoms with Gasteiger partial charge in [-0.2, -0.15) is 11.1 Å². The topological polar surface area (TPSA) is 0 Å². The summed E-state index contributed by atoms with van der Waals surface area (Å²) in [6.07, 6.45) is 17.9. The first-order valence-corrected chi connectivity index (χ1v) is 14.9. The fraction of sp³-hybridized carbons (Fsp3) is 0.909. The van der Waals surface area contributed by atoms with Gasteiger partial charge in [0.05, 0.1) is 0 Å². The number of rotatable bonds is 2. The average Bonchev–Trinajstić information content (AvgIpc) is 2.90. The minimum Gasteiger partial charge on any atom is -0.167 e. The van der Waals surface area contributed by atoms with Crippen LogP contribution in [0.1, 0.15) is 71.1 Å². The second kappa shape index (κ2) is 6.76. The van der Waals surface area contributed by atoms with Crippen molar-refractivity contribution in [3.63, 3.8) is 0 Å². The molecule has 4 aliphatic rings. The van der Waals surface area contributed by atoms with E-state index in [9.17, 15) is 0 Å². The third-order valence-corrected chi connectivity index (χ3v) is 11.4. The molecule has 0 aromatic rings. The quantitative estimate of drug-likeness (QED) is 0.272. The zero-order chi connectivity index (χ0) is 16.9. The summed E-state index contributed by atoms with van der Waals surface area (Å²) in [4.78, 5) is 0. The molecule has 24 heavy (non-hydrogen) atoms. The number of hydrogen-bond donors (Lipinski definition) is 0. The number of hydrogen-bond acceptors (Lipinski definition) is 0. The van der Waals surface area contributed by atoms with E-state index in [-0.39, 0.29) is 0 Å². The smallest absolute Gasteiger partial charge is 0.157 e. The van der Waals surface area contributed by atoms with E-state index >= 15 is 0 Å². The van der Waals surface area contributed by atoms with Crippen LogP contribution in [0.15, 0.2) is 11.6 Å². The van der Waals surface area contributed by atoms with Gasteiger partial charge in [-0.25, -0.2) is 0 Å². The van der Waals surface area contributed by atoms with Crippen molar-refractivity contribution in [3.8, 4) is 0 Å². The predicted octanol–water partition coefficient (Wildman–Crippen LogP) is 7.40. The van der Waals surface area contributed by atoms with Gasteiger partial charge in [0.25, 0.3) is 0 Å².